The van der Waals surface area contributed by atoms with Gasteiger partial charge in [0.25, 0.3) is 5.91 Å². The number of ether oxygens (including phenoxy) is 1. The van der Waals surface area contributed by atoms with Gasteiger partial charge in [-0.15, -0.1) is 0 Å². The number of alkyl halides is 3. The normalized spacial score (nSPS) is 15.6. The standard InChI is InChI=1S/C18H23ClF3N3O3/c1-11(2)8-23-15(26)10-28-17(27)12-3-5-25(6-4-12)16-14(19)7-13(9-24-16)18(20,21)22/h7,9,11-12H,3-6,8,10H2,1-2H3,(H,23,26). The molecule has 0 aromatic carbocycles. The number of nitrogens with zero attached hydrogens (tertiary/aromatic N) is 2. The van der Waals surface area contributed by atoms with Gasteiger partial charge in [-0.1, -0.05) is 25.4 Å². The van der Waals surface area contributed by atoms with Crippen LogP contribution in [-0.2, 0) is 20.5 Å². The minimum Gasteiger partial charge on any atom is -0.455 e. The summed E-state index contributed by atoms with van der Waals surface area (Å²) >= 11 is 5.96. The molecule has 1 aliphatic rings. The highest BCUT2D eigenvalue weighted by Crippen LogP contribution is 2.34. The van der Waals surface area contributed by atoms with Crippen molar-refractivity contribution in [3.05, 3.63) is 22.8 Å². The Balaban J connectivity index is 1.84. The Morgan fingerprint density at radius 3 is 2.54 bits per heavy atom. The first-order valence-electron chi connectivity index (χ1n) is 8.99. The van der Waals surface area contributed by atoms with Gasteiger partial charge >= 0.3 is 12.1 Å². The molecule has 1 aliphatic heterocycles. The van der Waals surface area contributed by atoms with Crippen molar-refractivity contribution >= 4 is 29.3 Å². The molecule has 0 saturated carbocycles. The Bertz CT molecular complexity index is 705. The number of carbonyl (C=O) groups excluding carboxylic acids is 2. The molecule has 0 bridgehead atoms. The number of halogens is 4. The van der Waals surface area contributed by atoms with Gasteiger partial charge in [-0.3, -0.25) is 9.59 Å². The van der Waals surface area contributed by atoms with Crippen molar-refractivity contribution in [1.29, 1.82) is 0 Å². The Hall–Kier alpha value is -2.03. The van der Waals surface area contributed by atoms with Crippen LogP contribution in [0.25, 0.3) is 0 Å². The first kappa shape index (κ1) is 22.3. The van der Waals surface area contributed by atoms with Gasteiger partial charge in [-0.2, -0.15) is 13.2 Å². The van der Waals surface area contributed by atoms with Crippen LogP contribution in [0.4, 0.5) is 19.0 Å². The highest BCUT2D eigenvalue weighted by Gasteiger charge is 2.33. The van der Waals surface area contributed by atoms with Crippen LogP contribution in [0.15, 0.2) is 12.3 Å². The molecule has 2 rings (SSSR count). The number of esters is 1. The predicted octanol–water partition coefficient (Wildman–Crippen LogP) is 3.29. The zero-order chi connectivity index (χ0) is 20.9. The van der Waals surface area contributed by atoms with Gasteiger partial charge < -0.3 is 15.0 Å². The molecule has 0 aliphatic carbocycles. The van der Waals surface area contributed by atoms with E-state index in [2.05, 4.69) is 10.3 Å². The zero-order valence-corrected chi connectivity index (χ0v) is 16.4. The highest BCUT2D eigenvalue weighted by atomic mass is 35.5. The Kier molecular flexibility index (Phi) is 7.51. The quantitative estimate of drug-likeness (QED) is 0.714. The minimum atomic E-state index is -4.51. The largest absolute Gasteiger partial charge is 0.455 e. The van der Waals surface area contributed by atoms with Crippen LogP contribution in [0.1, 0.15) is 32.3 Å². The molecule has 1 aromatic rings. The number of hydrogen-bond acceptors (Lipinski definition) is 5. The molecule has 6 nitrogen and oxygen atoms in total. The summed E-state index contributed by atoms with van der Waals surface area (Å²) in [6, 6.07) is 0.847. The minimum absolute atomic E-state index is 0.0855. The summed E-state index contributed by atoms with van der Waals surface area (Å²) in [6.07, 6.45) is -2.89. The second-order valence-electron chi connectivity index (χ2n) is 7.09. The van der Waals surface area contributed by atoms with Crippen LogP contribution in [-0.4, -0.2) is 43.1 Å². The van der Waals surface area contributed by atoms with Crippen molar-refractivity contribution in [2.75, 3.05) is 31.1 Å². The molecule has 28 heavy (non-hydrogen) atoms. The average Bonchev–Trinajstić information content (AvgIpc) is 2.63. The van der Waals surface area contributed by atoms with Crippen molar-refractivity contribution in [2.45, 2.75) is 32.9 Å². The first-order chi connectivity index (χ1) is 13.1. The predicted molar refractivity (Wildman–Crippen MR) is 98.0 cm³/mol. The number of amides is 1. The molecule has 0 spiro atoms. The van der Waals surface area contributed by atoms with Crippen LogP contribution >= 0.6 is 11.6 Å². The number of piperidine rings is 1. The Morgan fingerprint density at radius 2 is 2.00 bits per heavy atom. The summed E-state index contributed by atoms with van der Waals surface area (Å²) in [6.45, 7) is 4.90. The maximum atomic E-state index is 12.7. The molecule has 0 radical (unpaired) electrons. The van der Waals surface area contributed by atoms with Gasteiger partial charge in [0.15, 0.2) is 6.61 Å². The molecule has 1 fully saturated rings. The van der Waals surface area contributed by atoms with Crippen LogP contribution in [0.5, 0.6) is 0 Å². The molecule has 10 heteroatoms. The van der Waals surface area contributed by atoms with E-state index in [1.165, 1.54) is 0 Å². The van der Waals surface area contributed by atoms with Crippen molar-refractivity contribution in [3.63, 3.8) is 0 Å². The maximum Gasteiger partial charge on any atom is 0.417 e. The molecule has 2 heterocycles. The molecule has 1 saturated heterocycles. The van der Waals surface area contributed by atoms with Crippen molar-refractivity contribution in [2.24, 2.45) is 11.8 Å². The Morgan fingerprint density at radius 1 is 1.36 bits per heavy atom. The fraction of sp³-hybridized carbons (Fsp3) is 0.611. The second-order valence-corrected chi connectivity index (χ2v) is 7.50. The van der Waals surface area contributed by atoms with Gasteiger partial charge in [0, 0.05) is 25.8 Å². The van der Waals surface area contributed by atoms with Crippen molar-refractivity contribution in [3.8, 4) is 0 Å². The third kappa shape index (κ3) is 6.25. The summed E-state index contributed by atoms with van der Waals surface area (Å²) in [5.41, 5.74) is -0.907. The fourth-order valence-corrected chi connectivity index (χ4v) is 3.05. The lowest BCUT2D eigenvalue weighted by Crippen LogP contribution is -2.38. The molecule has 1 amide bonds. The van der Waals surface area contributed by atoms with Crippen molar-refractivity contribution < 1.29 is 27.5 Å². The summed E-state index contributed by atoms with van der Waals surface area (Å²) in [4.78, 5) is 29.3. The monoisotopic (exact) mass is 421 g/mol. The molecular weight excluding hydrogens is 399 g/mol. The summed E-state index contributed by atoms with van der Waals surface area (Å²) in [7, 11) is 0. The SMILES string of the molecule is CC(C)CNC(=O)COC(=O)C1CCN(c2ncc(C(F)(F)F)cc2Cl)CC1. The molecule has 1 N–H and O–H groups in total. The van der Waals surface area contributed by atoms with Crippen LogP contribution in [0, 0.1) is 11.8 Å². The van der Waals surface area contributed by atoms with Gasteiger partial charge in [-0.05, 0) is 24.8 Å². The van der Waals surface area contributed by atoms with E-state index >= 15 is 0 Å². The van der Waals surface area contributed by atoms with Crippen LogP contribution in [0.2, 0.25) is 5.02 Å². The number of anilines is 1. The second kappa shape index (κ2) is 9.45. The van der Waals surface area contributed by atoms with Gasteiger partial charge in [-0.25, -0.2) is 4.98 Å². The average molecular weight is 422 g/mol. The lowest BCUT2D eigenvalue weighted by Gasteiger charge is -2.32. The molecule has 1 aromatic heterocycles. The number of aromatic nitrogens is 1. The number of rotatable bonds is 6. The summed E-state index contributed by atoms with van der Waals surface area (Å²) < 4.78 is 43.2. The molecule has 156 valence electrons. The topological polar surface area (TPSA) is 71.5 Å². The number of hydrogen-bond donors (Lipinski definition) is 1. The van der Waals surface area contributed by atoms with E-state index in [1.807, 2.05) is 13.8 Å². The summed E-state index contributed by atoms with van der Waals surface area (Å²) in [5, 5.41) is 2.58. The van der Waals surface area contributed by atoms with E-state index in [9.17, 15) is 22.8 Å². The number of carbonyl (C=O) groups is 2. The van der Waals surface area contributed by atoms with E-state index in [-0.39, 0.29) is 29.3 Å². The highest BCUT2D eigenvalue weighted by molar-refractivity contribution is 6.33. The van der Waals surface area contributed by atoms with Crippen molar-refractivity contribution in [1.82, 2.24) is 10.3 Å². The smallest absolute Gasteiger partial charge is 0.417 e. The number of pyridine rings is 1. The van der Waals surface area contributed by atoms with Crippen LogP contribution in [0.3, 0.4) is 0 Å². The van der Waals surface area contributed by atoms with E-state index in [0.29, 0.717) is 38.4 Å². The van der Waals surface area contributed by atoms with Crippen LogP contribution < -0.4 is 10.2 Å². The van der Waals surface area contributed by atoms with E-state index in [0.717, 1.165) is 12.3 Å². The zero-order valence-electron chi connectivity index (χ0n) is 15.7. The Labute approximate surface area is 166 Å². The van der Waals surface area contributed by atoms with Gasteiger partial charge in [0.1, 0.15) is 5.82 Å². The molecule has 0 atom stereocenters. The fourth-order valence-electron chi connectivity index (χ4n) is 2.77. The number of nitrogens with one attached hydrogen (secondary N) is 1. The van der Waals surface area contributed by atoms with Gasteiger partial charge in [0.05, 0.1) is 16.5 Å². The molecule has 0 unspecified atom stereocenters. The van der Waals surface area contributed by atoms with Gasteiger partial charge in [0.2, 0.25) is 0 Å². The maximum absolute atomic E-state index is 12.7. The van der Waals surface area contributed by atoms with E-state index < -0.39 is 17.7 Å². The lowest BCUT2D eigenvalue weighted by molar-refractivity contribution is -0.153. The van der Waals surface area contributed by atoms with E-state index in [4.69, 9.17) is 16.3 Å². The van der Waals surface area contributed by atoms with E-state index in [1.54, 1.807) is 4.90 Å². The molecular formula is C18H23ClF3N3O3. The first-order valence-corrected chi connectivity index (χ1v) is 9.36. The third-order valence-electron chi connectivity index (χ3n) is 4.33. The third-order valence-corrected chi connectivity index (χ3v) is 4.61. The summed E-state index contributed by atoms with van der Waals surface area (Å²) in [5.74, 6) is -0.613. The lowest BCUT2D eigenvalue weighted by atomic mass is 9.97.